The van der Waals surface area contributed by atoms with Gasteiger partial charge in [0.05, 0.1) is 17.6 Å². The molecule has 24 heavy (non-hydrogen) atoms. The Morgan fingerprint density at radius 2 is 1.92 bits per heavy atom. The third-order valence-corrected chi connectivity index (χ3v) is 4.81. The van der Waals surface area contributed by atoms with Crippen molar-refractivity contribution >= 4 is 22.3 Å². The maximum Gasteiger partial charge on any atom is 0.346 e. The molecule has 0 N–H and O–H groups in total. The van der Waals surface area contributed by atoms with E-state index in [-0.39, 0.29) is 5.63 Å². The Kier molecular flexibility index (Phi) is 3.63. The maximum absolute atomic E-state index is 12.3. The molecule has 4 rings (SSSR count). The van der Waals surface area contributed by atoms with E-state index in [2.05, 4.69) is 4.98 Å². The zero-order valence-corrected chi connectivity index (χ0v) is 13.7. The van der Waals surface area contributed by atoms with Gasteiger partial charge in [-0.25, -0.2) is 9.78 Å². The molecule has 0 radical (unpaired) electrons. The minimum Gasteiger partial charge on any atom is -0.497 e. The molecule has 2 heterocycles. The van der Waals surface area contributed by atoms with E-state index in [1.807, 2.05) is 36.4 Å². The highest BCUT2D eigenvalue weighted by Gasteiger charge is 2.13. The van der Waals surface area contributed by atoms with Crippen LogP contribution in [0.5, 0.6) is 5.75 Å². The molecule has 118 valence electrons. The fraction of sp³-hybridized carbons (Fsp3) is 0.0526. The molecule has 5 heteroatoms. The molecular weight excluding hydrogens is 322 g/mol. The van der Waals surface area contributed by atoms with E-state index in [0.717, 1.165) is 15.8 Å². The second-order valence-corrected chi connectivity index (χ2v) is 6.28. The minimum atomic E-state index is -0.387. The average Bonchev–Trinajstić information content (AvgIpc) is 3.11. The molecule has 0 aliphatic rings. The van der Waals surface area contributed by atoms with Crippen LogP contribution in [0.4, 0.5) is 0 Å². The lowest BCUT2D eigenvalue weighted by atomic mass is 10.2. The normalized spacial score (nSPS) is 10.9. The first kappa shape index (κ1) is 14.7. The predicted octanol–water partition coefficient (Wildman–Crippen LogP) is 4.59. The summed E-state index contributed by atoms with van der Waals surface area (Å²) < 4.78 is 10.6. The number of benzene rings is 2. The summed E-state index contributed by atoms with van der Waals surface area (Å²) in [4.78, 5) is 17.7. The van der Waals surface area contributed by atoms with Gasteiger partial charge in [-0.1, -0.05) is 30.3 Å². The van der Waals surface area contributed by atoms with Crippen molar-refractivity contribution < 1.29 is 9.15 Å². The second kappa shape index (κ2) is 5.94. The molecule has 2 aromatic carbocycles. The summed E-state index contributed by atoms with van der Waals surface area (Å²) >= 11 is 1.47. The van der Waals surface area contributed by atoms with Gasteiger partial charge in [0.2, 0.25) is 0 Å². The molecular formula is C19H13NO3S. The van der Waals surface area contributed by atoms with Gasteiger partial charge in [0.25, 0.3) is 0 Å². The summed E-state index contributed by atoms with van der Waals surface area (Å²) in [6.45, 7) is 0. The second-order valence-electron chi connectivity index (χ2n) is 5.25. The lowest BCUT2D eigenvalue weighted by molar-refractivity contribution is 0.415. The van der Waals surface area contributed by atoms with Crippen LogP contribution in [0.3, 0.4) is 0 Å². The van der Waals surface area contributed by atoms with Crippen molar-refractivity contribution in [2.24, 2.45) is 0 Å². The number of aromatic nitrogens is 1. The number of hydrogen-bond acceptors (Lipinski definition) is 5. The largest absolute Gasteiger partial charge is 0.497 e. The lowest BCUT2D eigenvalue weighted by Gasteiger charge is -2.02. The van der Waals surface area contributed by atoms with Crippen molar-refractivity contribution in [3.63, 3.8) is 0 Å². The molecule has 0 atom stereocenters. The van der Waals surface area contributed by atoms with Crippen LogP contribution in [0.25, 0.3) is 32.0 Å². The number of ether oxygens (including phenoxy) is 1. The van der Waals surface area contributed by atoms with Crippen LogP contribution in [0.1, 0.15) is 0 Å². The first-order valence-electron chi connectivity index (χ1n) is 7.38. The highest BCUT2D eigenvalue weighted by molar-refractivity contribution is 7.18. The van der Waals surface area contributed by atoms with Gasteiger partial charge in [-0.15, -0.1) is 11.3 Å². The van der Waals surface area contributed by atoms with Crippen LogP contribution >= 0.6 is 11.3 Å². The van der Waals surface area contributed by atoms with Gasteiger partial charge in [-0.3, -0.25) is 0 Å². The SMILES string of the molecule is COc1ccc2oc(=O)c(-c3ncc(-c4ccccc4)s3)cc2c1. The number of hydrogen-bond donors (Lipinski definition) is 0. The zero-order valence-electron chi connectivity index (χ0n) is 12.9. The molecule has 4 nitrogen and oxygen atoms in total. The van der Waals surface area contributed by atoms with Gasteiger partial charge >= 0.3 is 5.63 Å². The summed E-state index contributed by atoms with van der Waals surface area (Å²) in [5, 5.41) is 1.45. The molecule has 0 saturated heterocycles. The first-order valence-corrected chi connectivity index (χ1v) is 8.20. The van der Waals surface area contributed by atoms with E-state index in [1.165, 1.54) is 11.3 Å². The van der Waals surface area contributed by atoms with E-state index in [4.69, 9.17) is 9.15 Å². The summed E-state index contributed by atoms with van der Waals surface area (Å²) in [7, 11) is 1.61. The maximum atomic E-state index is 12.3. The third kappa shape index (κ3) is 2.59. The van der Waals surface area contributed by atoms with E-state index < -0.39 is 0 Å². The Hall–Kier alpha value is -2.92. The standard InChI is InChI=1S/C19H13NO3S/c1-22-14-7-8-16-13(9-14)10-15(19(21)23-16)18-20-11-17(24-18)12-5-3-2-4-6-12/h2-11H,1H3. The van der Waals surface area contributed by atoms with Gasteiger partial charge in [-0.2, -0.15) is 0 Å². The van der Waals surface area contributed by atoms with E-state index in [0.29, 0.717) is 21.9 Å². The van der Waals surface area contributed by atoms with Crippen molar-refractivity contribution in [3.8, 4) is 26.8 Å². The Labute approximate surface area is 142 Å². The number of nitrogens with zero attached hydrogens (tertiary/aromatic N) is 1. The van der Waals surface area contributed by atoms with Gasteiger partial charge in [-0.05, 0) is 29.8 Å². The Balaban J connectivity index is 1.83. The van der Waals surface area contributed by atoms with Gasteiger partial charge < -0.3 is 9.15 Å². The van der Waals surface area contributed by atoms with Crippen molar-refractivity contribution in [1.82, 2.24) is 4.98 Å². The topological polar surface area (TPSA) is 52.3 Å². The van der Waals surface area contributed by atoms with Gasteiger partial charge in [0.1, 0.15) is 16.3 Å². The summed E-state index contributed by atoms with van der Waals surface area (Å²) in [5.41, 5.74) is 1.68. The van der Waals surface area contributed by atoms with E-state index in [9.17, 15) is 4.79 Å². The van der Waals surface area contributed by atoms with Crippen molar-refractivity contribution in [2.45, 2.75) is 0 Å². The van der Waals surface area contributed by atoms with Crippen LogP contribution in [0.15, 0.2) is 70.0 Å². The monoisotopic (exact) mass is 335 g/mol. The fourth-order valence-corrected chi connectivity index (χ4v) is 3.44. The molecule has 0 aliphatic heterocycles. The highest BCUT2D eigenvalue weighted by atomic mass is 32.1. The predicted molar refractivity (Wildman–Crippen MR) is 95.6 cm³/mol. The molecule has 0 aliphatic carbocycles. The fourth-order valence-electron chi connectivity index (χ4n) is 2.51. The Morgan fingerprint density at radius 1 is 1.08 bits per heavy atom. The number of fused-ring (bicyclic) bond motifs is 1. The van der Waals surface area contributed by atoms with Crippen LogP contribution in [0.2, 0.25) is 0 Å². The third-order valence-electron chi connectivity index (χ3n) is 3.73. The number of thiazole rings is 1. The summed E-state index contributed by atoms with van der Waals surface area (Å²) in [6, 6.07) is 17.1. The lowest BCUT2D eigenvalue weighted by Crippen LogP contribution is -2.02. The molecule has 0 spiro atoms. The molecule has 0 saturated carbocycles. The van der Waals surface area contributed by atoms with Crippen molar-refractivity contribution in [3.05, 3.63) is 71.2 Å². The number of rotatable bonds is 3. The Morgan fingerprint density at radius 3 is 2.71 bits per heavy atom. The van der Waals surface area contributed by atoms with Crippen molar-refractivity contribution in [2.75, 3.05) is 7.11 Å². The van der Waals surface area contributed by atoms with E-state index >= 15 is 0 Å². The van der Waals surface area contributed by atoms with Gasteiger partial charge in [0, 0.05) is 11.6 Å². The Bertz CT molecular complexity index is 1070. The van der Waals surface area contributed by atoms with Crippen LogP contribution < -0.4 is 10.4 Å². The molecule has 0 unspecified atom stereocenters. The average molecular weight is 335 g/mol. The van der Waals surface area contributed by atoms with E-state index in [1.54, 1.807) is 31.5 Å². The molecule has 0 bridgehead atoms. The van der Waals surface area contributed by atoms with Crippen molar-refractivity contribution in [1.29, 1.82) is 0 Å². The summed E-state index contributed by atoms with van der Waals surface area (Å²) in [5.74, 6) is 0.714. The molecule has 2 aromatic heterocycles. The molecule has 4 aromatic rings. The number of methoxy groups -OCH3 is 1. The highest BCUT2D eigenvalue weighted by Crippen LogP contribution is 2.32. The van der Waals surface area contributed by atoms with Crippen LogP contribution in [-0.2, 0) is 0 Å². The minimum absolute atomic E-state index is 0.387. The summed E-state index contributed by atoms with van der Waals surface area (Å²) in [6.07, 6.45) is 1.78. The first-order chi connectivity index (χ1) is 11.7. The van der Waals surface area contributed by atoms with Gasteiger partial charge in [0.15, 0.2) is 0 Å². The zero-order chi connectivity index (χ0) is 16.5. The van der Waals surface area contributed by atoms with Crippen LogP contribution in [0, 0.1) is 0 Å². The molecule has 0 amide bonds. The smallest absolute Gasteiger partial charge is 0.346 e. The van der Waals surface area contributed by atoms with Crippen LogP contribution in [-0.4, -0.2) is 12.1 Å². The molecule has 0 fully saturated rings. The quantitative estimate of drug-likeness (QED) is 0.514.